The molecule has 1 aromatic rings. The fraction of sp³-hybridized carbons (Fsp3) is 0.611. The number of nitrogens with one attached hydrogen (secondary N) is 2. The summed E-state index contributed by atoms with van der Waals surface area (Å²) >= 11 is 0. The maximum Gasteiger partial charge on any atom is 0.422 e. The first-order valence-electron chi connectivity index (χ1n) is 8.43. The van der Waals surface area contributed by atoms with Crippen molar-refractivity contribution >= 4 is 6.09 Å². The van der Waals surface area contributed by atoms with Gasteiger partial charge >= 0.3 is 6.09 Å². The van der Waals surface area contributed by atoms with Gasteiger partial charge in [0.05, 0.1) is 0 Å². The molecule has 0 saturated carbocycles. The van der Waals surface area contributed by atoms with Crippen molar-refractivity contribution in [1.29, 1.82) is 0 Å². The quantitative estimate of drug-likeness (QED) is 0.820. The minimum atomic E-state index is -0.466. The molecule has 1 heterocycles. The zero-order chi connectivity index (χ0) is 16.7. The summed E-state index contributed by atoms with van der Waals surface area (Å²) in [5, 5.41) is 0. The molecule has 1 amide bonds. The summed E-state index contributed by atoms with van der Waals surface area (Å²) in [5.74, 6) is 0. The van der Waals surface area contributed by atoms with Crippen LogP contribution in [0.3, 0.4) is 0 Å². The number of carbonyl (C=O) groups excluding carboxylic acids is 1. The zero-order valence-corrected chi connectivity index (χ0v) is 14.5. The van der Waals surface area contributed by atoms with Gasteiger partial charge in [-0.25, -0.2) is 10.2 Å². The number of hydrogen-bond acceptors (Lipinski definition) is 4. The number of rotatable bonds is 5. The van der Waals surface area contributed by atoms with E-state index in [1.165, 1.54) is 5.56 Å². The van der Waals surface area contributed by atoms with Crippen molar-refractivity contribution in [2.45, 2.75) is 51.7 Å². The minimum absolute atomic E-state index is 0.315. The van der Waals surface area contributed by atoms with Crippen molar-refractivity contribution in [1.82, 2.24) is 15.8 Å². The van der Waals surface area contributed by atoms with Gasteiger partial charge in [-0.3, -0.25) is 5.43 Å². The number of likely N-dealkylation sites (tertiary alicyclic amines) is 1. The summed E-state index contributed by atoms with van der Waals surface area (Å²) in [6, 6.07) is 10.9. The molecular weight excluding hydrogens is 290 g/mol. The van der Waals surface area contributed by atoms with Crippen LogP contribution in [-0.4, -0.2) is 42.3 Å². The third-order valence-electron chi connectivity index (χ3n) is 3.92. The Bertz CT molecular complexity index is 477. The van der Waals surface area contributed by atoms with Gasteiger partial charge in [-0.2, -0.15) is 0 Å². The molecule has 0 bridgehead atoms. The third kappa shape index (κ3) is 7.01. The second kappa shape index (κ2) is 8.31. The fourth-order valence-corrected chi connectivity index (χ4v) is 2.70. The van der Waals surface area contributed by atoms with E-state index in [0.717, 1.165) is 38.9 Å². The lowest BCUT2D eigenvalue weighted by Gasteiger charge is -2.32. The van der Waals surface area contributed by atoms with Crippen LogP contribution in [0.25, 0.3) is 0 Å². The van der Waals surface area contributed by atoms with E-state index in [9.17, 15) is 4.79 Å². The zero-order valence-electron chi connectivity index (χ0n) is 14.5. The Morgan fingerprint density at radius 1 is 1.22 bits per heavy atom. The number of hydrogen-bond donors (Lipinski definition) is 2. The maximum atomic E-state index is 11.6. The molecule has 23 heavy (non-hydrogen) atoms. The average molecular weight is 319 g/mol. The average Bonchev–Trinajstić information content (AvgIpc) is 2.51. The number of piperidine rings is 1. The molecule has 1 aliphatic heterocycles. The molecule has 5 heteroatoms. The first-order valence-corrected chi connectivity index (χ1v) is 8.43. The largest absolute Gasteiger partial charge is 0.443 e. The summed E-state index contributed by atoms with van der Waals surface area (Å²) in [6.07, 6.45) is 2.74. The lowest BCUT2D eigenvalue weighted by Crippen LogP contribution is -2.50. The van der Waals surface area contributed by atoms with Crippen LogP contribution in [0, 0.1) is 0 Å². The smallest absolute Gasteiger partial charge is 0.422 e. The van der Waals surface area contributed by atoms with E-state index in [2.05, 4.69) is 46.1 Å². The van der Waals surface area contributed by atoms with Crippen LogP contribution < -0.4 is 10.9 Å². The van der Waals surface area contributed by atoms with Gasteiger partial charge in [0.25, 0.3) is 0 Å². The van der Waals surface area contributed by atoms with Gasteiger partial charge in [-0.05, 0) is 58.7 Å². The fourth-order valence-electron chi connectivity index (χ4n) is 2.70. The number of amides is 1. The normalized spacial score (nSPS) is 17.0. The van der Waals surface area contributed by atoms with Crippen molar-refractivity contribution < 1.29 is 9.53 Å². The van der Waals surface area contributed by atoms with Gasteiger partial charge in [0.15, 0.2) is 0 Å². The molecule has 1 fully saturated rings. The van der Waals surface area contributed by atoms with E-state index < -0.39 is 11.7 Å². The number of nitrogens with zero attached hydrogens (tertiary/aromatic N) is 1. The second-order valence-corrected chi connectivity index (χ2v) is 7.12. The molecule has 5 nitrogen and oxygen atoms in total. The third-order valence-corrected chi connectivity index (χ3v) is 3.92. The monoisotopic (exact) mass is 319 g/mol. The van der Waals surface area contributed by atoms with Gasteiger partial charge in [0.2, 0.25) is 0 Å². The van der Waals surface area contributed by atoms with Crippen molar-refractivity contribution in [3.63, 3.8) is 0 Å². The SMILES string of the molecule is CC(C)(C)OC(=O)NNC1CCN(CCc2ccccc2)CC1. The lowest BCUT2D eigenvalue weighted by atomic mass is 10.0. The van der Waals surface area contributed by atoms with Crippen LogP contribution in [-0.2, 0) is 11.2 Å². The van der Waals surface area contributed by atoms with Crippen molar-refractivity contribution in [2.75, 3.05) is 19.6 Å². The molecule has 128 valence electrons. The van der Waals surface area contributed by atoms with Crippen LogP contribution >= 0.6 is 0 Å². The van der Waals surface area contributed by atoms with Gasteiger partial charge < -0.3 is 9.64 Å². The molecule has 2 rings (SSSR count). The molecular formula is C18H29N3O2. The highest BCUT2D eigenvalue weighted by Crippen LogP contribution is 2.11. The predicted octanol–water partition coefficient (Wildman–Crippen LogP) is 2.72. The highest BCUT2D eigenvalue weighted by Gasteiger charge is 2.21. The Balaban J connectivity index is 1.61. The van der Waals surface area contributed by atoms with Crippen LogP contribution in [0.5, 0.6) is 0 Å². The summed E-state index contributed by atoms with van der Waals surface area (Å²) in [4.78, 5) is 14.1. The van der Waals surface area contributed by atoms with Crippen LogP contribution in [0.4, 0.5) is 4.79 Å². The van der Waals surface area contributed by atoms with Crippen LogP contribution in [0.2, 0.25) is 0 Å². The molecule has 1 aromatic carbocycles. The number of benzene rings is 1. The molecule has 1 saturated heterocycles. The molecule has 0 aliphatic carbocycles. The van der Waals surface area contributed by atoms with E-state index in [1.807, 2.05) is 20.8 Å². The van der Waals surface area contributed by atoms with Gasteiger partial charge in [0.1, 0.15) is 5.60 Å². The molecule has 1 aliphatic rings. The second-order valence-electron chi connectivity index (χ2n) is 7.12. The van der Waals surface area contributed by atoms with E-state index in [1.54, 1.807) is 0 Å². The van der Waals surface area contributed by atoms with E-state index in [0.29, 0.717) is 6.04 Å². The van der Waals surface area contributed by atoms with Crippen LogP contribution in [0.1, 0.15) is 39.2 Å². The molecule has 0 spiro atoms. The highest BCUT2D eigenvalue weighted by atomic mass is 16.6. The minimum Gasteiger partial charge on any atom is -0.443 e. The lowest BCUT2D eigenvalue weighted by molar-refractivity contribution is 0.0475. The standard InChI is InChI=1S/C18H29N3O2/c1-18(2,3)23-17(22)20-19-16-10-13-21(14-11-16)12-9-15-7-5-4-6-8-15/h4-8,16,19H,9-14H2,1-3H3,(H,20,22). The van der Waals surface area contributed by atoms with E-state index in [-0.39, 0.29) is 0 Å². The summed E-state index contributed by atoms with van der Waals surface area (Å²) in [6.45, 7) is 8.78. The van der Waals surface area contributed by atoms with Crippen molar-refractivity contribution in [2.24, 2.45) is 0 Å². The Labute approximate surface area is 139 Å². The number of ether oxygens (including phenoxy) is 1. The molecule has 0 aromatic heterocycles. The maximum absolute atomic E-state index is 11.6. The Morgan fingerprint density at radius 2 is 1.87 bits per heavy atom. The first-order chi connectivity index (χ1) is 10.9. The molecule has 0 radical (unpaired) electrons. The van der Waals surface area contributed by atoms with Crippen molar-refractivity contribution in [3.8, 4) is 0 Å². The highest BCUT2D eigenvalue weighted by molar-refractivity contribution is 5.67. The predicted molar refractivity (Wildman–Crippen MR) is 92.1 cm³/mol. The topological polar surface area (TPSA) is 53.6 Å². The summed E-state index contributed by atoms with van der Waals surface area (Å²) in [7, 11) is 0. The van der Waals surface area contributed by atoms with Gasteiger partial charge in [0, 0.05) is 12.6 Å². The van der Waals surface area contributed by atoms with Crippen molar-refractivity contribution in [3.05, 3.63) is 35.9 Å². The Hall–Kier alpha value is -1.59. The molecule has 0 unspecified atom stereocenters. The summed E-state index contributed by atoms with van der Waals surface area (Å²) in [5.41, 5.74) is 6.66. The summed E-state index contributed by atoms with van der Waals surface area (Å²) < 4.78 is 5.21. The number of hydrazine groups is 1. The Kier molecular flexibility index (Phi) is 6.42. The molecule has 2 N–H and O–H groups in total. The van der Waals surface area contributed by atoms with Crippen LogP contribution in [0.15, 0.2) is 30.3 Å². The van der Waals surface area contributed by atoms with Gasteiger partial charge in [-0.15, -0.1) is 0 Å². The first kappa shape index (κ1) is 17.8. The van der Waals surface area contributed by atoms with E-state index in [4.69, 9.17) is 4.74 Å². The van der Waals surface area contributed by atoms with Gasteiger partial charge in [-0.1, -0.05) is 30.3 Å². The number of carbonyl (C=O) groups is 1. The Morgan fingerprint density at radius 3 is 2.48 bits per heavy atom. The molecule has 0 atom stereocenters. The van der Waals surface area contributed by atoms with E-state index >= 15 is 0 Å².